The Labute approximate surface area is 114 Å². The van der Waals surface area contributed by atoms with Gasteiger partial charge in [-0.15, -0.1) is 5.10 Å². The number of aromatic carboxylic acids is 1. The van der Waals surface area contributed by atoms with Crippen LogP contribution in [0.5, 0.6) is 0 Å². The SMILES string of the molecule is O=C(O)c1cccc2nnn(CCc3ccccn3)c12. The highest BCUT2D eigenvalue weighted by atomic mass is 16.4. The van der Waals surface area contributed by atoms with E-state index in [0.29, 0.717) is 24.0 Å². The smallest absolute Gasteiger partial charge is 0.337 e. The maximum Gasteiger partial charge on any atom is 0.337 e. The number of aromatic nitrogens is 4. The average molecular weight is 268 g/mol. The predicted octanol–water partition coefficient (Wildman–Crippen LogP) is 1.77. The fourth-order valence-corrected chi connectivity index (χ4v) is 2.13. The Morgan fingerprint density at radius 2 is 2.10 bits per heavy atom. The van der Waals surface area contributed by atoms with Gasteiger partial charge in [-0.1, -0.05) is 17.3 Å². The summed E-state index contributed by atoms with van der Waals surface area (Å²) >= 11 is 0. The van der Waals surface area contributed by atoms with Gasteiger partial charge in [-0.05, 0) is 24.3 Å². The summed E-state index contributed by atoms with van der Waals surface area (Å²) in [5.41, 5.74) is 2.29. The van der Waals surface area contributed by atoms with Crippen molar-refractivity contribution in [1.82, 2.24) is 20.0 Å². The molecule has 3 rings (SSSR count). The zero-order valence-electron chi connectivity index (χ0n) is 10.6. The minimum Gasteiger partial charge on any atom is -0.478 e. The van der Waals surface area contributed by atoms with E-state index in [9.17, 15) is 9.90 Å². The molecule has 1 aromatic carbocycles. The number of nitrogens with zero attached hydrogens (tertiary/aromatic N) is 4. The Morgan fingerprint density at radius 3 is 2.85 bits per heavy atom. The van der Waals surface area contributed by atoms with Gasteiger partial charge < -0.3 is 5.11 Å². The van der Waals surface area contributed by atoms with Crippen LogP contribution in [0.3, 0.4) is 0 Å². The van der Waals surface area contributed by atoms with E-state index >= 15 is 0 Å². The maximum absolute atomic E-state index is 11.3. The molecule has 0 aliphatic heterocycles. The lowest BCUT2D eigenvalue weighted by Crippen LogP contribution is -2.07. The largest absolute Gasteiger partial charge is 0.478 e. The van der Waals surface area contributed by atoms with Crippen LogP contribution in [-0.4, -0.2) is 31.1 Å². The van der Waals surface area contributed by atoms with Crippen LogP contribution in [0.2, 0.25) is 0 Å². The van der Waals surface area contributed by atoms with E-state index in [1.54, 1.807) is 29.1 Å². The van der Waals surface area contributed by atoms with Crippen molar-refractivity contribution in [1.29, 1.82) is 0 Å². The summed E-state index contributed by atoms with van der Waals surface area (Å²) in [6.07, 6.45) is 2.41. The molecular weight excluding hydrogens is 256 g/mol. The topological polar surface area (TPSA) is 80.9 Å². The Morgan fingerprint density at radius 1 is 1.20 bits per heavy atom. The highest BCUT2D eigenvalue weighted by Crippen LogP contribution is 2.17. The van der Waals surface area contributed by atoms with Crippen molar-refractivity contribution in [3.63, 3.8) is 0 Å². The fraction of sp³-hybridized carbons (Fsp3) is 0.143. The van der Waals surface area contributed by atoms with Crippen LogP contribution in [0.4, 0.5) is 0 Å². The third-order valence-electron chi connectivity index (χ3n) is 3.07. The molecule has 2 aromatic heterocycles. The molecule has 0 atom stereocenters. The van der Waals surface area contributed by atoms with Gasteiger partial charge in [0.2, 0.25) is 0 Å². The van der Waals surface area contributed by atoms with Crippen LogP contribution in [0.25, 0.3) is 11.0 Å². The van der Waals surface area contributed by atoms with Crippen LogP contribution in [-0.2, 0) is 13.0 Å². The number of carboxylic acids is 1. The predicted molar refractivity (Wildman–Crippen MR) is 72.4 cm³/mol. The normalized spacial score (nSPS) is 10.8. The van der Waals surface area contributed by atoms with Crippen molar-refractivity contribution in [2.75, 3.05) is 0 Å². The molecule has 0 aliphatic carbocycles. The van der Waals surface area contributed by atoms with Crippen molar-refractivity contribution < 1.29 is 9.90 Å². The summed E-state index contributed by atoms with van der Waals surface area (Å²) in [4.78, 5) is 15.5. The second-order valence-electron chi connectivity index (χ2n) is 4.36. The molecule has 0 fully saturated rings. The van der Waals surface area contributed by atoms with Crippen LogP contribution in [0.15, 0.2) is 42.6 Å². The lowest BCUT2D eigenvalue weighted by Gasteiger charge is -2.04. The van der Waals surface area contributed by atoms with Gasteiger partial charge in [-0.3, -0.25) is 4.98 Å². The Bertz CT molecular complexity index is 752. The first-order valence-corrected chi connectivity index (χ1v) is 6.21. The van der Waals surface area contributed by atoms with Crippen molar-refractivity contribution in [3.05, 3.63) is 53.9 Å². The maximum atomic E-state index is 11.3. The lowest BCUT2D eigenvalue weighted by atomic mass is 10.2. The van der Waals surface area contributed by atoms with Crippen molar-refractivity contribution in [3.8, 4) is 0 Å². The van der Waals surface area contributed by atoms with Gasteiger partial charge in [0.05, 0.1) is 5.56 Å². The van der Waals surface area contributed by atoms with Crippen molar-refractivity contribution >= 4 is 17.0 Å². The Hall–Kier alpha value is -2.76. The zero-order valence-corrected chi connectivity index (χ0v) is 10.6. The molecule has 0 spiro atoms. The zero-order chi connectivity index (χ0) is 13.9. The van der Waals surface area contributed by atoms with Crippen molar-refractivity contribution in [2.45, 2.75) is 13.0 Å². The fourth-order valence-electron chi connectivity index (χ4n) is 2.13. The van der Waals surface area contributed by atoms with Gasteiger partial charge in [0, 0.05) is 24.9 Å². The molecule has 1 N–H and O–H groups in total. The molecule has 0 unspecified atom stereocenters. The van der Waals surface area contributed by atoms with E-state index in [2.05, 4.69) is 15.3 Å². The number of carbonyl (C=O) groups is 1. The van der Waals surface area contributed by atoms with Crippen LogP contribution in [0, 0.1) is 0 Å². The summed E-state index contributed by atoms with van der Waals surface area (Å²) in [5.74, 6) is -0.975. The van der Waals surface area contributed by atoms with Gasteiger partial charge in [0.1, 0.15) is 11.0 Å². The second kappa shape index (κ2) is 5.08. The summed E-state index contributed by atoms with van der Waals surface area (Å²) in [6, 6.07) is 10.7. The van der Waals surface area contributed by atoms with E-state index < -0.39 is 5.97 Å². The molecule has 0 saturated carbocycles. The number of para-hydroxylation sites is 1. The molecule has 20 heavy (non-hydrogen) atoms. The lowest BCUT2D eigenvalue weighted by molar-refractivity contribution is 0.0698. The summed E-state index contributed by atoms with van der Waals surface area (Å²) in [7, 11) is 0. The summed E-state index contributed by atoms with van der Waals surface area (Å²) < 4.78 is 1.62. The molecule has 0 saturated heterocycles. The molecular formula is C14H12N4O2. The second-order valence-corrected chi connectivity index (χ2v) is 4.36. The van der Waals surface area contributed by atoms with E-state index in [-0.39, 0.29) is 5.56 Å². The summed E-state index contributed by atoms with van der Waals surface area (Å²) in [6.45, 7) is 0.539. The number of rotatable bonds is 4. The first-order chi connectivity index (χ1) is 9.75. The Balaban J connectivity index is 1.94. The standard InChI is InChI=1S/C14H12N4O2/c19-14(20)11-5-3-6-12-13(11)18(17-16-12)9-7-10-4-1-2-8-15-10/h1-6,8H,7,9H2,(H,19,20). The van der Waals surface area contributed by atoms with Crippen molar-refractivity contribution in [2.24, 2.45) is 0 Å². The van der Waals surface area contributed by atoms with E-state index in [1.807, 2.05) is 18.2 Å². The monoisotopic (exact) mass is 268 g/mol. The number of benzene rings is 1. The number of fused-ring (bicyclic) bond motifs is 1. The first kappa shape index (κ1) is 12.3. The van der Waals surface area contributed by atoms with Gasteiger partial charge in [-0.25, -0.2) is 9.48 Å². The number of aryl methyl sites for hydroxylation is 2. The molecule has 0 radical (unpaired) electrons. The molecule has 0 amide bonds. The van der Waals surface area contributed by atoms with Crippen LogP contribution < -0.4 is 0 Å². The number of hydrogen-bond acceptors (Lipinski definition) is 4. The van der Waals surface area contributed by atoms with E-state index in [0.717, 1.165) is 5.69 Å². The molecule has 100 valence electrons. The minimum absolute atomic E-state index is 0.216. The molecule has 2 heterocycles. The molecule has 0 bridgehead atoms. The third kappa shape index (κ3) is 2.23. The minimum atomic E-state index is -0.975. The van der Waals surface area contributed by atoms with Gasteiger partial charge in [-0.2, -0.15) is 0 Å². The summed E-state index contributed by atoms with van der Waals surface area (Å²) in [5, 5.41) is 17.3. The molecule has 6 nitrogen and oxygen atoms in total. The highest BCUT2D eigenvalue weighted by Gasteiger charge is 2.14. The molecule has 6 heteroatoms. The van der Waals surface area contributed by atoms with E-state index in [1.165, 1.54) is 0 Å². The number of pyridine rings is 1. The van der Waals surface area contributed by atoms with Crippen LogP contribution >= 0.6 is 0 Å². The van der Waals surface area contributed by atoms with E-state index in [4.69, 9.17) is 0 Å². The molecule has 3 aromatic rings. The highest BCUT2D eigenvalue weighted by molar-refractivity contribution is 6.00. The number of carboxylic acid groups (broad SMARTS) is 1. The van der Waals surface area contributed by atoms with Crippen LogP contribution in [0.1, 0.15) is 16.1 Å². The van der Waals surface area contributed by atoms with Gasteiger partial charge >= 0.3 is 5.97 Å². The quantitative estimate of drug-likeness (QED) is 0.779. The number of hydrogen-bond donors (Lipinski definition) is 1. The first-order valence-electron chi connectivity index (χ1n) is 6.21. The van der Waals surface area contributed by atoms with Gasteiger partial charge in [0.25, 0.3) is 0 Å². The third-order valence-corrected chi connectivity index (χ3v) is 3.07. The Kier molecular flexibility index (Phi) is 3.12. The molecule has 0 aliphatic rings. The van der Waals surface area contributed by atoms with Gasteiger partial charge in [0.15, 0.2) is 0 Å². The average Bonchev–Trinajstić information content (AvgIpc) is 2.89.